The summed E-state index contributed by atoms with van der Waals surface area (Å²) in [6, 6.07) is 12.5. The maximum atomic E-state index is 13.2. The smallest absolute Gasteiger partial charge is 0.295 e. The van der Waals surface area contributed by atoms with Crippen molar-refractivity contribution < 1.29 is 19.4 Å². The number of likely N-dealkylation sites (N-methyl/N-ethyl adjacent to an activating group) is 1. The van der Waals surface area contributed by atoms with E-state index in [4.69, 9.17) is 4.74 Å². The van der Waals surface area contributed by atoms with Gasteiger partial charge in [0.1, 0.15) is 18.1 Å². The van der Waals surface area contributed by atoms with Crippen LogP contribution in [0.5, 0.6) is 5.75 Å². The Morgan fingerprint density at radius 3 is 2.34 bits per heavy atom. The van der Waals surface area contributed by atoms with Crippen molar-refractivity contribution in [3.63, 3.8) is 0 Å². The number of amides is 1. The molecular weight excluding hydrogens is 440 g/mol. The number of rotatable bonds is 8. The summed E-state index contributed by atoms with van der Waals surface area (Å²) in [4.78, 5) is 29.9. The number of aliphatic hydroxyl groups excluding tert-OH is 1. The molecule has 1 N–H and O–H groups in total. The Bertz CT molecular complexity index is 1140. The predicted molar refractivity (Wildman–Crippen MR) is 140 cm³/mol. The largest absolute Gasteiger partial charge is 0.507 e. The number of aliphatic hydroxyl groups is 1. The molecule has 6 nitrogen and oxygen atoms in total. The van der Waals surface area contributed by atoms with E-state index in [1.807, 2.05) is 50.2 Å². The van der Waals surface area contributed by atoms with Crippen LogP contribution in [0.3, 0.4) is 0 Å². The molecule has 1 amide bonds. The lowest BCUT2D eigenvalue weighted by molar-refractivity contribution is -0.140. The van der Waals surface area contributed by atoms with Gasteiger partial charge in [0.25, 0.3) is 11.7 Å². The van der Waals surface area contributed by atoms with Crippen LogP contribution in [-0.4, -0.2) is 60.4 Å². The molecule has 0 saturated carbocycles. The number of carbonyl (C=O) groups excluding carboxylic acids is 2. The quantitative estimate of drug-likeness (QED) is 0.256. The molecule has 1 aliphatic heterocycles. The average molecular weight is 477 g/mol. The molecule has 1 aliphatic rings. The number of ether oxygens (including phenoxy) is 1. The lowest BCUT2D eigenvalue weighted by Crippen LogP contribution is -2.35. The number of likely N-dealkylation sites (tertiary alicyclic amines) is 1. The van der Waals surface area contributed by atoms with Crippen molar-refractivity contribution in [3.8, 4) is 5.75 Å². The fourth-order valence-electron chi connectivity index (χ4n) is 4.22. The first-order valence-corrected chi connectivity index (χ1v) is 11.8. The van der Waals surface area contributed by atoms with Crippen LogP contribution in [-0.2, 0) is 15.0 Å². The zero-order valence-corrected chi connectivity index (χ0v) is 21.6. The van der Waals surface area contributed by atoms with E-state index in [9.17, 15) is 14.7 Å². The van der Waals surface area contributed by atoms with Crippen LogP contribution in [0, 0.1) is 6.92 Å². The Labute approximate surface area is 208 Å². The molecule has 6 heteroatoms. The van der Waals surface area contributed by atoms with Gasteiger partial charge in [-0.25, -0.2) is 0 Å². The number of hydrogen-bond donors (Lipinski definition) is 1. The first kappa shape index (κ1) is 26.2. The van der Waals surface area contributed by atoms with Crippen LogP contribution < -0.4 is 4.74 Å². The molecule has 2 aromatic rings. The minimum atomic E-state index is -0.669. The van der Waals surface area contributed by atoms with Gasteiger partial charge in [0.05, 0.1) is 11.6 Å². The Balaban J connectivity index is 2.12. The highest BCUT2D eigenvalue weighted by Gasteiger charge is 2.46. The fourth-order valence-corrected chi connectivity index (χ4v) is 4.22. The summed E-state index contributed by atoms with van der Waals surface area (Å²) in [6.07, 6.45) is 1.66. The second kappa shape index (κ2) is 10.5. The number of hydrogen-bond acceptors (Lipinski definition) is 5. The molecule has 2 aromatic carbocycles. The number of ketones is 1. The second-order valence-electron chi connectivity index (χ2n) is 10.2. The van der Waals surface area contributed by atoms with Crippen molar-refractivity contribution in [2.75, 3.05) is 33.8 Å². The fraction of sp³-hybridized carbons (Fsp3) is 0.379. The number of aryl methyl sites for hydroxylation is 1. The lowest BCUT2D eigenvalue weighted by Gasteiger charge is -2.27. The van der Waals surface area contributed by atoms with Gasteiger partial charge in [-0.3, -0.25) is 9.59 Å². The molecule has 0 aromatic heterocycles. The third-order valence-electron chi connectivity index (χ3n) is 6.24. The van der Waals surface area contributed by atoms with Crippen LogP contribution in [0.1, 0.15) is 49.1 Å². The van der Waals surface area contributed by atoms with Crippen molar-refractivity contribution in [2.24, 2.45) is 0 Å². The monoisotopic (exact) mass is 476 g/mol. The van der Waals surface area contributed by atoms with Gasteiger partial charge in [-0.15, -0.1) is 0 Å². The summed E-state index contributed by atoms with van der Waals surface area (Å²) < 4.78 is 5.59. The van der Waals surface area contributed by atoms with Gasteiger partial charge in [-0.2, -0.15) is 0 Å². The molecule has 1 saturated heterocycles. The topological polar surface area (TPSA) is 70.1 Å². The predicted octanol–water partition coefficient (Wildman–Crippen LogP) is 4.84. The van der Waals surface area contributed by atoms with Gasteiger partial charge in [-0.1, -0.05) is 57.7 Å². The van der Waals surface area contributed by atoms with E-state index in [0.717, 1.165) is 16.7 Å². The van der Waals surface area contributed by atoms with Gasteiger partial charge in [0.15, 0.2) is 0 Å². The maximum Gasteiger partial charge on any atom is 0.295 e. The SMILES string of the molecule is C=CCOc1ccc(C(O)=C2C(=O)C(=O)N(CCN(C)C)[C@H]2c2ccc(C(C)(C)C)cc2)c(C)c1. The molecule has 0 bridgehead atoms. The first-order valence-electron chi connectivity index (χ1n) is 11.8. The molecular formula is C29H36N2O4. The first-order chi connectivity index (χ1) is 16.5. The van der Waals surface area contributed by atoms with Crippen molar-refractivity contribution in [2.45, 2.75) is 39.2 Å². The molecule has 1 fully saturated rings. The molecule has 186 valence electrons. The Hall–Kier alpha value is -3.38. The second-order valence-corrected chi connectivity index (χ2v) is 10.2. The Kier molecular flexibility index (Phi) is 7.86. The van der Waals surface area contributed by atoms with Crippen LogP contribution in [0.25, 0.3) is 5.76 Å². The van der Waals surface area contributed by atoms with Crippen molar-refractivity contribution in [3.05, 3.63) is 82.9 Å². The molecule has 0 unspecified atom stereocenters. The summed E-state index contributed by atoms with van der Waals surface area (Å²) >= 11 is 0. The van der Waals surface area contributed by atoms with E-state index in [-0.39, 0.29) is 16.7 Å². The zero-order chi connectivity index (χ0) is 25.9. The van der Waals surface area contributed by atoms with Gasteiger partial charge < -0.3 is 19.6 Å². The summed E-state index contributed by atoms with van der Waals surface area (Å²) in [5.41, 5.74) is 3.26. The van der Waals surface area contributed by atoms with Crippen LogP contribution in [0.15, 0.2) is 60.7 Å². The summed E-state index contributed by atoms with van der Waals surface area (Å²) in [5, 5.41) is 11.4. The summed E-state index contributed by atoms with van der Waals surface area (Å²) in [5.74, 6) is -0.799. The third kappa shape index (κ3) is 5.65. The van der Waals surface area contributed by atoms with E-state index in [1.54, 1.807) is 29.2 Å². The van der Waals surface area contributed by atoms with E-state index in [0.29, 0.717) is 31.0 Å². The maximum absolute atomic E-state index is 13.2. The summed E-state index contributed by atoms with van der Waals surface area (Å²) in [7, 11) is 3.84. The molecule has 1 atom stereocenters. The Morgan fingerprint density at radius 2 is 1.80 bits per heavy atom. The van der Waals surface area contributed by atoms with E-state index in [1.165, 1.54) is 0 Å². The van der Waals surface area contributed by atoms with E-state index >= 15 is 0 Å². The lowest BCUT2D eigenvalue weighted by atomic mass is 9.85. The van der Waals surface area contributed by atoms with Crippen LogP contribution >= 0.6 is 0 Å². The summed E-state index contributed by atoms with van der Waals surface area (Å²) in [6.45, 7) is 13.2. The molecule has 3 rings (SSSR count). The normalized spacial score (nSPS) is 17.8. The van der Waals surface area contributed by atoms with Gasteiger partial charge in [-0.05, 0) is 61.3 Å². The van der Waals surface area contributed by atoms with Gasteiger partial charge in [0.2, 0.25) is 0 Å². The standard InChI is InChI=1S/C29H36N2O4/c1-8-17-35-22-13-14-23(19(2)18-22)26(32)24-25(20-9-11-21(12-10-20)29(3,4)5)31(16-15-30(6)7)28(34)27(24)33/h8-14,18,25,32H,1,15-17H2,2-7H3/t25-/m0/s1. The van der Waals surface area contributed by atoms with Crippen LogP contribution in [0.4, 0.5) is 0 Å². The molecule has 0 spiro atoms. The zero-order valence-electron chi connectivity index (χ0n) is 21.6. The van der Waals surface area contributed by atoms with E-state index in [2.05, 4.69) is 27.4 Å². The number of carbonyl (C=O) groups is 2. The molecule has 0 aliphatic carbocycles. The van der Waals surface area contributed by atoms with E-state index < -0.39 is 17.7 Å². The molecule has 0 radical (unpaired) electrons. The van der Waals surface area contributed by atoms with Crippen molar-refractivity contribution in [1.82, 2.24) is 9.80 Å². The molecule has 1 heterocycles. The minimum absolute atomic E-state index is 0.0300. The highest BCUT2D eigenvalue weighted by molar-refractivity contribution is 6.46. The highest BCUT2D eigenvalue weighted by Crippen LogP contribution is 2.40. The molecule has 35 heavy (non-hydrogen) atoms. The third-order valence-corrected chi connectivity index (χ3v) is 6.24. The number of Topliss-reactive ketones (excluding diaryl/α,β-unsaturated/α-hetero) is 1. The number of nitrogens with zero attached hydrogens (tertiary/aromatic N) is 2. The van der Waals surface area contributed by atoms with Crippen molar-refractivity contribution >= 4 is 17.4 Å². The average Bonchev–Trinajstić information content (AvgIpc) is 3.05. The van der Waals surface area contributed by atoms with Gasteiger partial charge in [0, 0.05) is 18.7 Å². The number of benzene rings is 2. The van der Waals surface area contributed by atoms with Crippen molar-refractivity contribution in [1.29, 1.82) is 0 Å². The Morgan fingerprint density at radius 1 is 1.14 bits per heavy atom. The minimum Gasteiger partial charge on any atom is -0.507 e. The highest BCUT2D eigenvalue weighted by atomic mass is 16.5. The van der Waals surface area contributed by atoms with Gasteiger partial charge >= 0.3 is 0 Å². The van der Waals surface area contributed by atoms with Crippen LogP contribution in [0.2, 0.25) is 0 Å².